The number of nitrogens with zero attached hydrogens (tertiary/aromatic N) is 4. The molecule has 0 spiro atoms. The molecule has 3 heterocycles. The Bertz CT molecular complexity index is 1420. The zero-order valence-corrected chi connectivity index (χ0v) is 22.5. The Morgan fingerprint density at radius 3 is 2.46 bits per heavy atom. The van der Waals surface area contributed by atoms with Crippen molar-refractivity contribution in [3.05, 3.63) is 24.2 Å². The van der Waals surface area contributed by atoms with E-state index in [1.54, 1.807) is 19.9 Å². The molecule has 0 saturated carbocycles. The fourth-order valence-corrected chi connectivity index (χ4v) is 6.53. The summed E-state index contributed by atoms with van der Waals surface area (Å²) in [5, 5.41) is 40.2. The van der Waals surface area contributed by atoms with E-state index in [9.17, 15) is 43.8 Å². The van der Waals surface area contributed by atoms with Crippen LogP contribution in [0.4, 0.5) is 10.6 Å². The summed E-state index contributed by atoms with van der Waals surface area (Å²) < 4.78 is 52.5. The van der Waals surface area contributed by atoms with Crippen molar-refractivity contribution in [3.63, 3.8) is 0 Å². The number of aromatic nitrogens is 3. The average molecular weight is 616 g/mol. The Kier molecular flexibility index (Phi) is 9.02. The summed E-state index contributed by atoms with van der Waals surface area (Å²) in [5.41, 5.74) is -2.35. The van der Waals surface area contributed by atoms with Crippen molar-refractivity contribution in [2.24, 2.45) is 0 Å². The van der Waals surface area contributed by atoms with Crippen molar-refractivity contribution >= 4 is 40.8 Å². The van der Waals surface area contributed by atoms with Gasteiger partial charge in [0.2, 0.25) is 5.60 Å². The van der Waals surface area contributed by atoms with Gasteiger partial charge in [-0.2, -0.15) is 19.0 Å². The number of fused-ring (bicyclic) bond motifs is 1. The Hall–Kier alpha value is -2.33. The molecule has 1 aliphatic heterocycles. The number of carbonyl (C=O) groups is 1. The van der Waals surface area contributed by atoms with Crippen LogP contribution in [-0.4, -0.2) is 81.4 Å². The third-order valence-corrected chi connectivity index (χ3v) is 8.73. The van der Waals surface area contributed by atoms with E-state index < -0.39 is 60.0 Å². The number of amides is 2. The van der Waals surface area contributed by atoms with Gasteiger partial charge in [0.05, 0.1) is 12.3 Å². The molecule has 2 aromatic rings. The van der Waals surface area contributed by atoms with Crippen molar-refractivity contribution in [1.82, 2.24) is 19.9 Å². The van der Waals surface area contributed by atoms with Crippen LogP contribution in [0.15, 0.2) is 18.5 Å². The maximum atomic E-state index is 12.1. The molecule has 23 heteroatoms. The van der Waals surface area contributed by atoms with Gasteiger partial charge in [0.1, 0.15) is 36.2 Å². The number of hydrogen-bond donors (Lipinski definition) is 8. The monoisotopic (exact) mass is 616 g/mol. The van der Waals surface area contributed by atoms with Crippen LogP contribution >= 0.6 is 23.5 Å². The van der Waals surface area contributed by atoms with E-state index in [4.69, 9.17) is 14.5 Å². The highest BCUT2D eigenvalue weighted by Gasteiger charge is 2.58. The molecule has 6 atom stereocenters. The number of ether oxygens (including phenoxy) is 1. The summed E-state index contributed by atoms with van der Waals surface area (Å²) in [4.78, 5) is 52.1. The van der Waals surface area contributed by atoms with Crippen LogP contribution in [0.25, 0.3) is 5.52 Å². The molecule has 0 radical (unpaired) electrons. The predicted molar refractivity (Wildman–Crippen MR) is 124 cm³/mol. The lowest BCUT2D eigenvalue weighted by Gasteiger charge is -2.24. The molecule has 2 unspecified atom stereocenters. The number of rotatable bonds is 10. The Balaban J connectivity index is 1.83. The van der Waals surface area contributed by atoms with Crippen LogP contribution in [0.1, 0.15) is 19.5 Å². The number of hydrogen-bond acceptors (Lipinski definition) is 13. The van der Waals surface area contributed by atoms with Gasteiger partial charge in [-0.1, -0.05) is 0 Å². The van der Waals surface area contributed by atoms with Crippen LogP contribution in [0.5, 0.6) is 0 Å². The molecular formula is C16H23N6O14P3. The summed E-state index contributed by atoms with van der Waals surface area (Å²) in [6.45, 7) is 2.32. The Morgan fingerprint density at radius 2 is 1.87 bits per heavy atom. The van der Waals surface area contributed by atoms with E-state index >= 15 is 0 Å². The smallest absolute Gasteiger partial charge is 0.387 e. The summed E-state index contributed by atoms with van der Waals surface area (Å²) >= 11 is 0. The van der Waals surface area contributed by atoms with E-state index in [0.717, 1.165) is 10.8 Å². The summed E-state index contributed by atoms with van der Waals surface area (Å²) in [5.74, 6) is 0.0136. The molecule has 2 aromatic heterocycles. The number of phosphoric ester groups is 1. The lowest BCUT2D eigenvalue weighted by Crippen LogP contribution is -2.41. The molecule has 1 fully saturated rings. The summed E-state index contributed by atoms with van der Waals surface area (Å²) in [6, 6.07) is 3.57. The minimum atomic E-state index is -5.80. The highest BCUT2D eigenvalue weighted by Crippen LogP contribution is 2.66. The molecule has 39 heavy (non-hydrogen) atoms. The van der Waals surface area contributed by atoms with Crippen LogP contribution in [0, 0.1) is 11.3 Å². The van der Waals surface area contributed by atoms with Crippen molar-refractivity contribution < 1.29 is 66.2 Å². The molecule has 2 amide bonds. The van der Waals surface area contributed by atoms with Crippen molar-refractivity contribution in [2.75, 3.05) is 11.9 Å². The average Bonchev–Trinajstić information content (AvgIpc) is 3.30. The third kappa shape index (κ3) is 7.25. The van der Waals surface area contributed by atoms with E-state index in [1.165, 1.54) is 12.1 Å². The SMILES string of the molecule is CC(C)NC(=O)Nc1ncnn2c([C@]3(C#N)O[C@H](COP(=O)(O)OP(=O)(O)OP(=O)(O)O)[C@@H](O)[C@H]3O)ccc12. The zero-order valence-electron chi connectivity index (χ0n) is 19.8. The van der Waals surface area contributed by atoms with Gasteiger partial charge < -0.3 is 39.8 Å². The quantitative estimate of drug-likeness (QED) is 0.155. The highest BCUT2D eigenvalue weighted by atomic mass is 31.3. The van der Waals surface area contributed by atoms with Crippen LogP contribution in [0.2, 0.25) is 0 Å². The van der Waals surface area contributed by atoms with E-state index in [-0.39, 0.29) is 23.1 Å². The number of aliphatic hydroxyl groups is 2. The predicted octanol–water partition coefficient (Wildman–Crippen LogP) is -0.558. The molecule has 1 saturated heterocycles. The lowest BCUT2D eigenvalue weighted by molar-refractivity contribution is -0.0634. The number of nitrogens with one attached hydrogen (secondary N) is 2. The van der Waals surface area contributed by atoms with E-state index in [2.05, 4.69) is 33.9 Å². The molecule has 0 bridgehead atoms. The Morgan fingerprint density at radius 1 is 1.21 bits per heavy atom. The molecule has 8 N–H and O–H groups in total. The summed E-state index contributed by atoms with van der Waals surface area (Å²) in [6.07, 6.45) is -4.66. The molecule has 20 nitrogen and oxygen atoms in total. The second kappa shape index (κ2) is 11.3. The fourth-order valence-electron chi connectivity index (χ4n) is 3.50. The zero-order chi connectivity index (χ0) is 29.4. The van der Waals surface area contributed by atoms with Gasteiger partial charge in [0.25, 0.3) is 0 Å². The topological polar surface area (TPSA) is 305 Å². The molecular weight excluding hydrogens is 593 g/mol. The number of anilines is 1. The second-order valence-corrected chi connectivity index (χ2v) is 12.6. The van der Waals surface area contributed by atoms with Crippen LogP contribution in [0.3, 0.4) is 0 Å². The first-order chi connectivity index (χ1) is 17.9. The van der Waals surface area contributed by atoms with Gasteiger partial charge in [-0.15, -0.1) is 0 Å². The first-order valence-electron chi connectivity index (χ1n) is 10.5. The van der Waals surface area contributed by atoms with Crippen LogP contribution in [-0.2, 0) is 37.2 Å². The van der Waals surface area contributed by atoms with Crippen molar-refractivity contribution in [2.45, 2.75) is 43.8 Å². The van der Waals surface area contributed by atoms with Gasteiger partial charge in [-0.05, 0) is 26.0 Å². The molecule has 0 aliphatic carbocycles. The maximum absolute atomic E-state index is 12.1. The second-order valence-electron chi connectivity index (χ2n) is 8.20. The van der Waals surface area contributed by atoms with Crippen molar-refractivity contribution in [3.8, 4) is 6.07 Å². The molecule has 3 rings (SSSR count). The van der Waals surface area contributed by atoms with Gasteiger partial charge in [-0.3, -0.25) is 9.84 Å². The summed E-state index contributed by atoms with van der Waals surface area (Å²) in [7, 11) is -17.0. The first kappa shape index (κ1) is 31.2. The molecule has 216 valence electrons. The number of aliphatic hydroxyl groups excluding tert-OH is 2. The van der Waals surface area contributed by atoms with E-state index in [0.29, 0.717) is 0 Å². The normalized spacial score (nSPS) is 26.6. The number of nitriles is 1. The maximum Gasteiger partial charge on any atom is 0.490 e. The standard InChI is InChI=1S/C16H23N6O14P3/c1-8(2)20-15(25)21-14-9-3-4-11(22(9)19-7-18-14)16(6-17)13(24)12(23)10(34-16)5-33-38(29,30)36-39(31,32)35-37(26,27)28/h3-4,7-8,10,12-13,23-24H,5H2,1-2H3,(H,29,30)(H,31,32)(H2,26,27,28)(H2,18,19,20,21,25)/t10-,12-,13-,16+/m1/s1. The molecule has 0 aromatic carbocycles. The van der Waals surface area contributed by atoms with Gasteiger partial charge in [-0.25, -0.2) is 28.0 Å². The lowest BCUT2D eigenvalue weighted by atomic mass is 9.92. The third-order valence-electron chi connectivity index (χ3n) is 4.93. The number of carbonyl (C=O) groups excluding carboxylic acids is 1. The highest BCUT2D eigenvalue weighted by molar-refractivity contribution is 7.66. The van der Waals surface area contributed by atoms with Crippen molar-refractivity contribution in [1.29, 1.82) is 5.26 Å². The first-order valence-corrected chi connectivity index (χ1v) is 15.1. The van der Waals surface area contributed by atoms with Gasteiger partial charge >= 0.3 is 29.5 Å². The van der Waals surface area contributed by atoms with E-state index in [1.807, 2.05) is 0 Å². The molecule has 1 aliphatic rings. The fraction of sp³-hybridized carbons (Fsp3) is 0.500. The number of phosphoric acid groups is 3. The minimum Gasteiger partial charge on any atom is -0.387 e. The Labute approximate surface area is 218 Å². The van der Waals surface area contributed by atoms with Crippen LogP contribution < -0.4 is 10.6 Å². The number of urea groups is 1. The van der Waals surface area contributed by atoms with Gasteiger partial charge in [0.15, 0.2) is 5.82 Å². The minimum absolute atomic E-state index is 0.0136. The largest absolute Gasteiger partial charge is 0.490 e. The van der Waals surface area contributed by atoms with Gasteiger partial charge in [0, 0.05) is 6.04 Å².